The lowest BCUT2D eigenvalue weighted by atomic mass is 9.96. The van der Waals surface area contributed by atoms with E-state index < -0.39 is 0 Å². The molecule has 0 bridgehead atoms. The zero-order valence-corrected chi connectivity index (χ0v) is 19.5. The number of carbonyl (C=O) groups excluding carboxylic acids is 2. The van der Waals surface area contributed by atoms with Gasteiger partial charge < -0.3 is 14.7 Å². The maximum atomic E-state index is 13.1. The number of amides is 2. The van der Waals surface area contributed by atoms with Crippen molar-refractivity contribution >= 4 is 17.6 Å². The van der Waals surface area contributed by atoms with E-state index in [1.54, 1.807) is 4.90 Å². The highest BCUT2D eigenvalue weighted by Gasteiger charge is 2.32. The summed E-state index contributed by atoms with van der Waals surface area (Å²) in [5, 5.41) is 0. The molecule has 1 saturated carbocycles. The van der Waals surface area contributed by atoms with Crippen LogP contribution in [0.3, 0.4) is 0 Å². The van der Waals surface area contributed by atoms with E-state index in [2.05, 4.69) is 11.8 Å². The Morgan fingerprint density at radius 3 is 2.62 bits per heavy atom. The quantitative estimate of drug-likeness (QED) is 0.705. The highest BCUT2D eigenvalue weighted by molar-refractivity contribution is 5.85. The van der Waals surface area contributed by atoms with Gasteiger partial charge in [0, 0.05) is 56.3 Å². The van der Waals surface area contributed by atoms with Gasteiger partial charge in [0.15, 0.2) is 0 Å². The van der Waals surface area contributed by atoms with Crippen LogP contribution < -0.4 is 4.90 Å². The topological polar surface area (TPSA) is 69.6 Å². The Labute approximate surface area is 191 Å². The second-order valence-corrected chi connectivity index (χ2v) is 10.3. The lowest BCUT2D eigenvalue weighted by Gasteiger charge is -2.35. The number of aryl methyl sites for hydroxylation is 1. The van der Waals surface area contributed by atoms with Crippen molar-refractivity contribution in [3.05, 3.63) is 17.1 Å². The van der Waals surface area contributed by atoms with Crippen LogP contribution in [-0.2, 0) is 16.0 Å². The molecule has 3 fully saturated rings. The summed E-state index contributed by atoms with van der Waals surface area (Å²) in [7, 11) is 0. The minimum Gasteiger partial charge on any atom is -0.356 e. The Hall–Kier alpha value is -2.18. The molecular weight excluding hydrogens is 402 g/mol. The van der Waals surface area contributed by atoms with E-state index >= 15 is 0 Å². The van der Waals surface area contributed by atoms with Crippen LogP contribution in [0.5, 0.6) is 0 Å². The molecule has 4 aliphatic rings. The molecule has 7 nitrogen and oxygen atoms in total. The molecule has 0 unspecified atom stereocenters. The third-order valence-corrected chi connectivity index (χ3v) is 7.68. The van der Waals surface area contributed by atoms with Crippen LogP contribution >= 0.6 is 0 Å². The molecule has 174 valence electrons. The fourth-order valence-corrected chi connectivity index (χ4v) is 5.56. The SMILES string of the molecule is Cc1nc([C@@H]2CCCN(C(=O)CN3CCCCCC3=O)C2)nc2c1CCCN2CC1CC1. The van der Waals surface area contributed by atoms with Gasteiger partial charge in [0.05, 0.1) is 6.54 Å². The van der Waals surface area contributed by atoms with Gasteiger partial charge in [-0.15, -0.1) is 0 Å². The van der Waals surface area contributed by atoms with Crippen molar-refractivity contribution < 1.29 is 9.59 Å². The third-order valence-electron chi connectivity index (χ3n) is 7.68. The molecule has 1 aromatic rings. The van der Waals surface area contributed by atoms with E-state index in [4.69, 9.17) is 9.97 Å². The molecular formula is C25H37N5O2. The van der Waals surface area contributed by atoms with Crippen molar-refractivity contribution in [3.8, 4) is 0 Å². The molecule has 2 saturated heterocycles. The van der Waals surface area contributed by atoms with Crippen LogP contribution in [0, 0.1) is 12.8 Å². The number of nitrogens with zero attached hydrogens (tertiary/aromatic N) is 5. The largest absolute Gasteiger partial charge is 0.356 e. The molecule has 32 heavy (non-hydrogen) atoms. The Kier molecular flexibility index (Phi) is 6.33. The summed E-state index contributed by atoms with van der Waals surface area (Å²) in [5.41, 5.74) is 2.44. The molecule has 0 radical (unpaired) electrons. The van der Waals surface area contributed by atoms with Gasteiger partial charge >= 0.3 is 0 Å². The number of anilines is 1. The van der Waals surface area contributed by atoms with Crippen molar-refractivity contribution in [2.45, 2.75) is 77.0 Å². The zero-order chi connectivity index (χ0) is 22.1. The normalized spacial score (nSPS) is 24.3. The molecule has 0 aromatic carbocycles. The lowest BCUT2D eigenvalue weighted by Crippen LogP contribution is -2.46. The van der Waals surface area contributed by atoms with Crippen molar-refractivity contribution in [3.63, 3.8) is 0 Å². The number of hydrogen-bond donors (Lipinski definition) is 0. The number of likely N-dealkylation sites (tertiary alicyclic amines) is 2. The number of fused-ring (bicyclic) bond motifs is 1. The Morgan fingerprint density at radius 1 is 0.938 bits per heavy atom. The first-order chi connectivity index (χ1) is 15.6. The lowest BCUT2D eigenvalue weighted by molar-refractivity contribution is -0.140. The third kappa shape index (κ3) is 4.76. The van der Waals surface area contributed by atoms with Crippen LogP contribution in [0.15, 0.2) is 0 Å². The molecule has 0 N–H and O–H groups in total. The van der Waals surface area contributed by atoms with Gasteiger partial charge in [-0.1, -0.05) is 6.42 Å². The summed E-state index contributed by atoms with van der Waals surface area (Å²) in [4.78, 5) is 41.7. The van der Waals surface area contributed by atoms with E-state index in [9.17, 15) is 9.59 Å². The van der Waals surface area contributed by atoms with E-state index in [1.807, 2.05) is 4.90 Å². The van der Waals surface area contributed by atoms with Gasteiger partial charge in [0.25, 0.3) is 0 Å². The molecule has 2 amide bonds. The summed E-state index contributed by atoms with van der Waals surface area (Å²) in [6.45, 7) is 6.73. The molecule has 1 aliphatic carbocycles. The second-order valence-electron chi connectivity index (χ2n) is 10.3. The van der Waals surface area contributed by atoms with Gasteiger partial charge in [-0.25, -0.2) is 9.97 Å². The first-order valence-corrected chi connectivity index (χ1v) is 12.8. The number of piperidine rings is 1. The summed E-state index contributed by atoms with van der Waals surface area (Å²) in [6.07, 6.45) is 10.5. The number of aromatic nitrogens is 2. The zero-order valence-electron chi connectivity index (χ0n) is 19.5. The molecule has 7 heteroatoms. The van der Waals surface area contributed by atoms with Crippen LogP contribution in [0.1, 0.15) is 80.8 Å². The number of rotatable bonds is 5. The molecule has 1 aromatic heterocycles. The minimum absolute atomic E-state index is 0.0787. The number of hydrogen-bond acceptors (Lipinski definition) is 5. The van der Waals surface area contributed by atoms with E-state index in [0.717, 1.165) is 81.4 Å². The monoisotopic (exact) mass is 439 g/mol. The summed E-state index contributed by atoms with van der Waals surface area (Å²) in [5.74, 6) is 3.30. The standard InChI is InChI=1S/C25H37N5O2/c1-18-21-8-6-14-30(15-19-10-11-19)25(21)27-24(26-18)20-7-5-13-28(16-20)23(32)17-29-12-4-2-3-9-22(29)31/h19-20H,2-17H2,1H3/t20-/m1/s1. The van der Waals surface area contributed by atoms with Crippen LogP contribution in [0.2, 0.25) is 0 Å². The predicted octanol–water partition coefficient (Wildman–Crippen LogP) is 3.06. The van der Waals surface area contributed by atoms with E-state index in [-0.39, 0.29) is 24.3 Å². The smallest absolute Gasteiger partial charge is 0.242 e. The molecule has 5 rings (SSSR count). The van der Waals surface area contributed by atoms with Crippen LogP contribution in [0.4, 0.5) is 5.82 Å². The Morgan fingerprint density at radius 2 is 1.78 bits per heavy atom. The highest BCUT2D eigenvalue weighted by Crippen LogP contribution is 2.36. The second kappa shape index (κ2) is 9.36. The van der Waals surface area contributed by atoms with Crippen molar-refractivity contribution in [1.82, 2.24) is 19.8 Å². The van der Waals surface area contributed by atoms with Crippen LogP contribution in [0.25, 0.3) is 0 Å². The summed E-state index contributed by atoms with van der Waals surface area (Å²) in [6, 6.07) is 0. The van der Waals surface area contributed by atoms with Gasteiger partial charge in [-0.2, -0.15) is 0 Å². The fourth-order valence-electron chi connectivity index (χ4n) is 5.56. The molecule has 3 aliphatic heterocycles. The first-order valence-electron chi connectivity index (χ1n) is 12.8. The van der Waals surface area contributed by atoms with E-state index in [0.29, 0.717) is 19.5 Å². The first kappa shape index (κ1) is 21.7. The highest BCUT2D eigenvalue weighted by atomic mass is 16.2. The minimum atomic E-state index is 0.0787. The van der Waals surface area contributed by atoms with Crippen LogP contribution in [-0.4, -0.2) is 70.9 Å². The molecule has 4 heterocycles. The van der Waals surface area contributed by atoms with Gasteiger partial charge in [0.1, 0.15) is 11.6 Å². The van der Waals surface area contributed by atoms with Gasteiger partial charge in [-0.05, 0) is 64.2 Å². The maximum Gasteiger partial charge on any atom is 0.242 e. The average molecular weight is 440 g/mol. The van der Waals surface area contributed by atoms with Gasteiger partial charge in [0.2, 0.25) is 11.8 Å². The summed E-state index contributed by atoms with van der Waals surface area (Å²) < 4.78 is 0. The Bertz CT molecular complexity index is 868. The molecule has 1 atom stereocenters. The van der Waals surface area contributed by atoms with E-state index in [1.165, 1.54) is 24.8 Å². The maximum absolute atomic E-state index is 13.1. The Balaban J connectivity index is 1.29. The summed E-state index contributed by atoms with van der Waals surface area (Å²) >= 11 is 0. The van der Waals surface area contributed by atoms with Crippen molar-refractivity contribution in [2.24, 2.45) is 5.92 Å². The van der Waals surface area contributed by atoms with Crippen molar-refractivity contribution in [2.75, 3.05) is 44.2 Å². The van der Waals surface area contributed by atoms with Crippen molar-refractivity contribution in [1.29, 1.82) is 0 Å². The number of carbonyl (C=O) groups is 2. The average Bonchev–Trinajstić information content (AvgIpc) is 3.64. The fraction of sp³-hybridized carbons (Fsp3) is 0.760. The van der Waals surface area contributed by atoms with Gasteiger partial charge in [-0.3, -0.25) is 9.59 Å². The molecule has 0 spiro atoms. The predicted molar refractivity (Wildman–Crippen MR) is 124 cm³/mol.